The second kappa shape index (κ2) is 10.3. The summed E-state index contributed by atoms with van der Waals surface area (Å²) in [6.07, 6.45) is 1.71. The third-order valence-electron chi connectivity index (χ3n) is 4.34. The molecular formula is C22H22N2O5S2. The Balaban J connectivity index is 1.72. The molecule has 1 aliphatic rings. The molecule has 0 saturated carbocycles. The van der Waals surface area contributed by atoms with Gasteiger partial charge in [0.25, 0.3) is 5.91 Å². The normalized spacial score (nSPS) is 14.7. The van der Waals surface area contributed by atoms with Crippen molar-refractivity contribution in [3.63, 3.8) is 0 Å². The molecule has 1 saturated heterocycles. The van der Waals surface area contributed by atoms with Gasteiger partial charge in [0.1, 0.15) is 16.6 Å². The van der Waals surface area contributed by atoms with Crippen LogP contribution in [0.1, 0.15) is 12.5 Å². The van der Waals surface area contributed by atoms with Crippen molar-refractivity contribution in [3.8, 4) is 17.2 Å². The Labute approximate surface area is 190 Å². The standard InChI is InChI=1S/C22H22N2O5S2/c1-4-29-16-8-6-5-7-15(16)23-20(25)13-24-21(26)19(31-22(24)30)12-14-9-10-17(27-2)18(11-14)28-3/h5-12H,4,13H2,1-3H3,(H,23,25)/b19-12-. The maximum atomic E-state index is 12.8. The molecule has 2 amide bonds. The maximum absolute atomic E-state index is 12.8. The Hall–Kier alpha value is -3.04. The van der Waals surface area contributed by atoms with Crippen LogP contribution in [-0.2, 0) is 9.59 Å². The number of hydrogen-bond donors (Lipinski definition) is 1. The number of rotatable bonds is 8. The molecule has 1 N–H and O–H groups in total. The summed E-state index contributed by atoms with van der Waals surface area (Å²) in [6.45, 7) is 2.15. The van der Waals surface area contributed by atoms with E-state index in [0.717, 1.165) is 17.3 Å². The second-order valence-corrected chi connectivity index (χ2v) is 8.04. The first-order chi connectivity index (χ1) is 15.0. The number of hydrogen-bond acceptors (Lipinski definition) is 7. The second-order valence-electron chi connectivity index (χ2n) is 6.36. The van der Waals surface area contributed by atoms with E-state index in [1.165, 1.54) is 4.90 Å². The minimum absolute atomic E-state index is 0.186. The van der Waals surface area contributed by atoms with Gasteiger partial charge in [-0.15, -0.1) is 0 Å². The van der Waals surface area contributed by atoms with Gasteiger partial charge in [0.15, 0.2) is 11.5 Å². The van der Waals surface area contributed by atoms with E-state index >= 15 is 0 Å². The first-order valence-electron chi connectivity index (χ1n) is 9.46. The van der Waals surface area contributed by atoms with Crippen LogP contribution in [-0.4, -0.2) is 48.4 Å². The van der Waals surface area contributed by atoms with Crippen LogP contribution in [0.5, 0.6) is 17.2 Å². The molecule has 3 rings (SSSR count). The van der Waals surface area contributed by atoms with Gasteiger partial charge >= 0.3 is 0 Å². The van der Waals surface area contributed by atoms with Gasteiger partial charge in [-0.2, -0.15) is 0 Å². The van der Waals surface area contributed by atoms with Crippen molar-refractivity contribution < 1.29 is 23.8 Å². The summed E-state index contributed by atoms with van der Waals surface area (Å²) in [5.74, 6) is 1.03. The van der Waals surface area contributed by atoms with Gasteiger partial charge in [-0.3, -0.25) is 14.5 Å². The third kappa shape index (κ3) is 5.36. The average Bonchev–Trinajstić information content (AvgIpc) is 3.02. The van der Waals surface area contributed by atoms with E-state index in [0.29, 0.717) is 38.8 Å². The van der Waals surface area contributed by atoms with E-state index in [1.807, 2.05) is 19.1 Å². The van der Waals surface area contributed by atoms with Gasteiger partial charge in [0.2, 0.25) is 5.91 Å². The maximum Gasteiger partial charge on any atom is 0.266 e. The van der Waals surface area contributed by atoms with Crippen molar-refractivity contribution in [3.05, 3.63) is 52.9 Å². The predicted octanol–water partition coefficient (Wildman–Crippen LogP) is 3.94. The number of nitrogens with zero attached hydrogens (tertiary/aromatic N) is 1. The molecule has 1 fully saturated rings. The highest BCUT2D eigenvalue weighted by atomic mass is 32.2. The van der Waals surface area contributed by atoms with E-state index in [9.17, 15) is 9.59 Å². The molecule has 1 aliphatic heterocycles. The summed E-state index contributed by atoms with van der Waals surface area (Å²) < 4.78 is 16.4. The van der Waals surface area contributed by atoms with Crippen LogP contribution in [0.15, 0.2) is 47.4 Å². The lowest BCUT2D eigenvalue weighted by Gasteiger charge is -2.15. The highest BCUT2D eigenvalue weighted by molar-refractivity contribution is 8.26. The van der Waals surface area contributed by atoms with E-state index in [4.69, 9.17) is 26.4 Å². The number of carbonyl (C=O) groups excluding carboxylic acids is 2. The minimum Gasteiger partial charge on any atom is -0.493 e. The molecule has 0 radical (unpaired) electrons. The number of benzene rings is 2. The number of amides is 2. The molecule has 2 aromatic carbocycles. The molecule has 0 aromatic heterocycles. The number of thiocarbonyl (C=S) groups is 1. The quantitative estimate of drug-likeness (QED) is 0.474. The van der Waals surface area contributed by atoms with Gasteiger partial charge in [-0.1, -0.05) is 42.2 Å². The zero-order valence-corrected chi connectivity index (χ0v) is 19.0. The molecule has 2 aromatic rings. The Morgan fingerprint density at radius 2 is 1.87 bits per heavy atom. The summed E-state index contributed by atoms with van der Waals surface area (Å²) in [6, 6.07) is 12.5. The number of nitrogens with one attached hydrogen (secondary N) is 1. The number of anilines is 1. The number of methoxy groups -OCH3 is 2. The van der Waals surface area contributed by atoms with Crippen molar-refractivity contribution in [2.45, 2.75) is 6.92 Å². The third-order valence-corrected chi connectivity index (χ3v) is 5.72. The number of para-hydroxylation sites is 2. The highest BCUT2D eigenvalue weighted by Crippen LogP contribution is 2.34. The van der Waals surface area contributed by atoms with Crippen LogP contribution in [0.2, 0.25) is 0 Å². The monoisotopic (exact) mass is 458 g/mol. The van der Waals surface area contributed by atoms with Crippen LogP contribution in [0, 0.1) is 0 Å². The van der Waals surface area contributed by atoms with Crippen LogP contribution < -0.4 is 19.5 Å². The Kier molecular flexibility index (Phi) is 7.54. The van der Waals surface area contributed by atoms with Gasteiger partial charge in [-0.05, 0) is 42.8 Å². The van der Waals surface area contributed by atoms with Crippen molar-refractivity contribution in [2.75, 3.05) is 32.7 Å². The number of thioether (sulfide) groups is 1. The van der Waals surface area contributed by atoms with Crippen molar-refractivity contribution >= 4 is 51.9 Å². The zero-order valence-electron chi connectivity index (χ0n) is 17.3. The number of carbonyl (C=O) groups is 2. The van der Waals surface area contributed by atoms with Crippen molar-refractivity contribution in [1.29, 1.82) is 0 Å². The summed E-state index contributed by atoms with van der Waals surface area (Å²) in [5.41, 5.74) is 1.30. The first-order valence-corrected chi connectivity index (χ1v) is 10.7. The summed E-state index contributed by atoms with van der Waals surface area (Å²) in [7, 11) is 3.10. The smallest absolute Gasteiger partial charge is 0.266 e. The number of ether oxygens (including phenoxy) is 3. The van der Waals surface area contributed by atoms with Crippen LogP contribution in [0.25, 0.3) is 6.08 Å². The molecule has 31 heavy (non-hydrogen) atoms. The van der Waals surface area contributed by atoms with E-state index in [-0.39, 0.29) is 18.4 Å². The topological polar surface area (TPSA) is 77.1 Å². The fourth-order valence-electron chi connectivity index (χ4n) is 2.91. The van der Waals surface area contributed by atoms with Crippen molar-refractivity contribution in [2.24, 2.45) is 0 Å². The van der Waals surface area contributed by atoms with Gasteiger partial charge < -0.3 is 19.5 Å². The summed E-state index contributed by atoms with van der Waals surface area (Å²) >= 11 is 6.48. The molecule has 162 valence electrons. The lowest BCUT2D eigenvalue weighted by molar-refractivity contribution is -0.126. The summed E-state index contributed by atoms with van der Waals surface area (Å²) in [5, 5.41) is 2.78. The lowest BCUT2D eigenvalue weighted by Crippen LogP contribution is -2.36. The minimum atomic E-state index is -0.365. The van der Waals surface area contributed by atoms with Crippen LogP contribution >= 0.6 is 24.0 Å². The summed E-state index contributed by atoms with van der Waals surface area (Å²) in [4.78, 5) is 27.1. The van der Waals surface area contributed by atoms with Gasteiger partial charge in [0, 0.05) is 0 Å². The van der Waals surface area contributed by atoms with Crippen LogP contribution in [0.4, 0.5) is 5.69 Å². The fraction of sp³-hybridized carbons (Fsp3) is 0.227. The largest absolute Gasteiger partial charge is 0.493 e. The predicted molar refractivity (Wildman–Crippen MR) is 126 cm³/mol. The zero-order chi connectivity index (χ0) is 22.4. The SMILES string of the molecule is CCOc1ccccc1NC(=O)CN1C(=O)/C(=C/c2ccc(OC)c(OC)c2)SC1=S. The molecule has 0 spiro atoms. The molecule has 0 aliphatic carbocycles. The molecular weight excluding hydrogens is 436 g/mol. The van der Waals surface area contributed by atoms with Gasteiger partial charge in [-0.25, -0.2) is 0 Å². The van der Waals surface area contributed by atoms with Crippen molar-refractivity contribution in [1.82, 2.24) is 4.90 Å². The Bertz CT molecular complexity index is 1040. The van der Waals surface area contributed by atoms with E-state index in [2.05, 4.69) is 5.32 Å². The first kappa shape index (κ1) is 22.6. The molecule has 0 atom stereocenters. The Morgan fingerprint density at radius 3 is 2.58 bits per heavy atom. The molecule has 0 unspecified atom stereocenters. The Morgan fingerprint density at radius 1 is 1.13 bits per heavy atom. The van der Waals surface area contributed by atoms with E-state index < -0.39 is 0 Å². The fourth-order valence-corrected chi connectivity index (χ4v) is 4.17. The molecule has 1 heterocycles. The van der Waals surface area contributed by atoms with Gasteiger partial charge in [0.05, 0.1) is 31.4 Å². The molecule has 7 nitrogen and oxygen atoms in total. The highest BCUT2D eigenvalue weighted by Gasteiger charge is 2.33. The van der Waals surface area contributed by atoms with Crippen LogP contribution in [0.3, 0.4) is 0 Å². The lowest BCUT2D eigenvalue weighted by atomic mass is 10.2. The molecule has 0 bridgehead atoms. The average molecular weight is 459 g/mol. The van der Waals surface area contributed by atoms with E-state index in [1.54, 1.807) is 50.6 Å². The molecule has 9 heteroatoms.